The number of piperidine rings is 2. The van der Waals surface area contributed by atoms with Crippen molar-refractivity contribution in [2.24, 2.45) is 17.6 Å². The van der Waals surface area contributed by atoms with Crippen LogP contribution < -0.4 is 10.6 Å². The van der Waals surface area contributed by atoms with E-state index in [0.29, 0.717) is 28.6 Å². The third kappa shape index (κ3) is 5.17. The molecule has 6 rings (SSSR count). The molecule has 2 aromatic rings. The number of nitrogens with one attached hydrogen (secondary N) is 1. The van der Waals surface area contributed by atoms with Crippen molar-refractivity contribution in [3.05, 3.63) is 46.3 Å². The van der Waals surface area contributed by atoms with Crippen LogP contribution in [0.25, 0.3) is 10.9 Å². The number of anilines is 1. The van der Waals surface area contributed by atoms with Gasteiger partial charge in [-0.2, -0.15) is 10.4 Å². The Bertz CT molecular complexity index is 1360. The van der Waals surface area contributed by atoms with Crippen LogP contribution in [0, 0.1) is 23.2 Å². The number of fused-ring (bicyclic) bond motifs is 1. The molecule has 0 bridgehead atoms. The van der Waals surface area contributed by atoms with Crippen molar-refractivity contribution in [3.8, 4) is 6.07 Å². The van der Waals surface area contributed by atoms with Crippen molar-refractivity contribution in [3.63, 3.8) is 0 Å². The summed E-state index contributed by atoms with van der Waals surface area (Å²) in [6.45, 7) is 5.34. The summed E-state index contributed by atoms with van der Waals surface area (Å²) in [6, 6.07) is 6.51. The average molecular weight is 532 g/mol. The van der Waals surface area contributed by atoms with Gasteiger partial charge < -0.3 is 10.6 Å². The molecule has 1 aromatic carbocycles. The van der Waals surface area contributed by atoms with Crippen molar-refractivity contribution in [1.29, 1.82) is 5.26 Å². The molecule has 3 N–H and O–H groups in total. The lowest BCUT2D eigenvalue weighted by Crippen LogP contribution is -2.37. The Labute approximate surface area is 230 Å². The van der Waals surface area contributed by atoms with Crippen LogP contribution in [0.3, 0.4) is 0 Å². The van der Waals surface area contributed by atoms with E-state index in [1.165, 1.54) is 18.5 Å². The van der Waals surface area contributed by atoms with Gasteiger partial charge in [-0.3, -0.25) is 5.10 Å². The zero-order chi connectivity index (χ0) is 26.1. The van der Waals surface area contributed by atoms with Gasteiger partial charge in [0.2, 0.25) is 0 Å². The van der Waals surface area contributed by atoms with E-state index in [1.807, 2.05) is 6.07 Å². The maximum absolute atomic E-state index is 9.43. The van der Waals surface area contributed by atoms with Gasteiger partial charge in [-0.25, -0.2) is 9.15 Å². The molecule has 7 nitrogen and oxygen atoms in total. The van der Waals surface area contributed by atoms with E-state index in [2.05, 4.69) is 61.0 Å². The smallest absolute Gasteiger partial charge is 0.181 e. The van der Waals surface area contributed by atoms with Gasteiger partial charge in [0.05, 0.1) is 27.5 Å². The molecule has 198 valence electrons. The summed E-state index contributed by atoms with van der Waals surface area (Å²) in [7, 11) is 0. The second-order valence-corrected chi connectivity index (χ2v) is 11.8. The first-order chi connectivity index (χ1) is 18.6. The fraction of sp³-hybridized carbons (Fsp3) is 0.533. The largest absolute Gasteiger partial charge is 0.369 e. The maximum atomic E-state index is 9.43. The Morgan fingerprint density at radius 2 is 2.00 bits per heavy atom. The Morgan fingerprint density at radius 3 is 2.74 bits per heavy atom. The van der Waals surface area contributed by atoms with Crippen LogP contribution in [0.2, 0.25) is 5.02 Å². The van der Waals surface area contributed by atoms with Gasteiger partial charge in [0, 0.05) is 57.3 Å². The van der Waals surface area contributed by atoms with Crippen molar-refractivity contribution in [2.75, 3.05) is 37.6 Å². The van der Waals surface area contributed by atoms with Gasteiger partial charge in [0.1, 0.15) is 38.1 Å². The molecule has 4 heterocycles. The summed E-state index contributed by atoms with van der Waals surface area (Å²) in [5, 5.41) is 18.0. The fourth-order valence-corrected chi connectivity index (χ4v) is 6.93. The zero-order valence-electron chi connectivity index (χ0n) is 22.1. The van der Waals surface area contributed by atoms with Crippen LogP contribution in [-0.2, 0) is 0 Å². The number of hydrogen-bond donors (Lipinski definition) is 2. The third-order valence-electron chi connectivity index (χ3n) is 8.93. The molecule has 3 aliphatic heterocycles. The first-order valence-corrected chi connectivity index (χ1v) is 14.6. The quantitative estimate of drug-likeness (QED) is 0.564. The minimum atomic E-state index is 0.364. The van der Waals surface area contributed by atoms with Crippen LogP contribution in [0.5, 0.6) is 0 Å². The number of nitrogens with two attached hydrogens (primary N) is 1. The first-order valence-electron chi connectivity index (χ1n) is 14.2. The summed E-state index contributed by atoms with van der Waals surface area (Å²) in [5.41, 5.74) is 11.4. The number of benzene rings is 1. The summed E-state index contributed by atoms with van der Waals surface area (Å²) >= 11 is 6.42. The van der Waals surface area contributed by atoms with Crippen LogP contribution in [0.15, 0.2) is 35.6 Å². The Balaban J connectivity index is 1.12. The second-order valence-electron chi connectivity index (χ2n) is 11.4. The topological polar surface area (TPSA) is 87.8 Å². The monoisotopic (exact) mass is 531 g/mol. The minimum absolute atomic E-state index is 0.364. The van der Waals surface area contributed by atoms with Crippen LogP contribution in [0.4, 0.5) is 5.69 Å². The summed E-state index contributed by atoms with van der Waals surface area (Å²) in [5.74, 6) is 1.20. The van der Waals surface area contributed by atoms with Crippen molar-refractivity contribution in [2.45, 2.75) is 57.4 Å². The number of allylic oxidation sites excluding steroid dienone is 3. The molecule has 4 aliphatic rings. The molecular weight excluding hydrogens is 494 g/mol. The predicted molar refractivity (Wildman–Crippen MR) is 153 cm³/mol. The van der Waals surface area contributed by atoms with E-state index in [0.717, 1.165) is 87.8 Å². The predicted octanol–water partition coefficient (Wildman–Crippen LogP) is 4.61. The highest BCUT2D eigenvalue weighted by Gasteiger charge is 2.29. The number of hydrogen-bond acceptors (Lipinski definition) is 4. The van der Waals surface area contributed by atoms with Crippen molar-refractivity contribution in [1.82, 2.24) is 10.2 Å². The van der Waals surface area contributed by atoms with Gasteiger partial charge in [0.15, 0.2) is 11.4 Å². The lowest BCUT2D eigenvalue weighted by atomic mass is 9.85. The number of nitriles is 1. The lowest BCUT2D eigenvalue weighted by Gasteiger charge is -2.36. The average Bonchev–Trinajstić information content (AvgIpc) is 3.40. The molecule has 1 unspecified atom stereocenters. The summed E-state index contributed by atoms with van der Waals surface area (Å²) < 4.78 is 5.01. The fourth-order valence-electron chi connectivity index (χ4n) is 6.68. The van der Waals surface area contributed by atoms with Crippen molar-refractivity contribution >= 4 is 40.6 Å². The Morgan fingerprint density at radius 1 is 1.13 bits per heavy atom. The normalized spacial score (nSPS) is 26.4. The number of halogens is 1. The van der Waals surface area contributed by atoms with Crippen molar-refractivity contribution < 1.29 is 9.15 Å². The van der Waals surface area contributed by atoms with E-state index in [4.69, 9.17) is 17.3 Å². The molecule has 2 saturated heterocycles. The van der Waals surface area contributed by atoms with Gasteiger partial charge in [0.25, 0.3) is 0 Å². The third-order valence-corrected chi connectivity index (χ3v) is 9.25. The lowest BCUT2D eigenvalue weighted by molar-refractivity contribution is -0.536. The van der Waals surface area contributed by atoms with Crippen LogP contribution >= 0.6 is 11.6 Å². The van der Waals surface area contributed by atoms with Crippen LogP contribution in [-0.4, -0.2) is 70.5 Å². The molecule has 1 aromatic heterocycles. The number of H-pyrrole nitrogens is 1. The minimum Gasteiger partial charge on any atom is -0.369 e. The van der Waals surface area contributed by atoms with E-state index >= 15 is 0 Å². The molecule has 2 atom stereocenters. The molecule has 2 fully saturated rings. The highest BCUT2D eigenvalue weighted by atomic mass is 35.5. The number of aromatic nitrogens is 2. The zero-order valence-corrected chi connectivity index (χ0v) is 22.8. The highest BCUT2D eigenvalue weighted by molar-refractivity contribution is 6.36. The molecule has 38 heavy (non-hydrogen) atoms. The number of rotatable bonds is 4. The van der Waals surface area contributed by atoms with E-state index in [-0.39, 0.29) is 0 Å². The molecular formula is C30H38ClN7+2. The Hall–Kier alpha value is -2.95. The number of aromatic amines is 1. The van der Waals surface area contributed by atoms with E-state index in [9.17, 15) is 5.26 Å². The molecule has 0 radical (unpaired) electrons. The SMILES string of the molecule is N#Cc1n[nH]c2c(N3CCC[C@@H](C4=CC=C([N+]5=CCC(C=[N+]6CCC(N)CC6)CC5)CC4)C3)ccc(Cl)c12. The summed E-state index contributed by atoms with van der Waals surface area (Å²) in [6.07, 6.45) is 18.9. The second kappa shape index (κ2) is 11.0. The molecule has 0 spiro atoms. The van der Waals surface area contributed by atoms with Crippen LogP contribution in [0.1, 0.15) is 57.1 Å². The standard InChI is InChI=1S/C30H38ClN7/c31-26-7-8-28(30-29(26)27(18-32)34-35-30)38-13-1-2-23(20-38)22-3-5-25(6-4-22)37-16-9-21(10-17-37)19-36-14-11-24(33)12-15-36/h3,5,7-8,16,19,21,23-24H,1-2,4,6,9-15,17,20,33H2,(H,34,35)/q+2/t21?,23-,24?/m1/s1. The van der Waals surface area contributed by atoms with E-state index in [1.54, 1.807) is 5.57 Å². The molecule has 1 aliphatic carbocycles. The van der Waals surface area contributed by atoms with Gasteiger partial charge in [-0.1, -0.05) is 23.3 Å². The molecule has 0 amide bonds. The molecule has 0 saturated carbocycles. The van der Waals surface area contributed by atoms with E-state index < -0.39 is 0 Å². The summed E-state index contributed by atoms with van der Waals surface area (Å²) in [4.78, 5) is 2.44. The maximum Gasteiger partial charge on any atom is 0.181 e. The number of nitrogens with zero attached hydrogens (tertiary/aromatic N) is 5. The van der Waals surface area contributed by atoms with Gasteiger partial charge >= 0.3 is 0 Å². The highest BCUT2D eigenvalue weighted by Crippen LogP contribution is 2.37. The first kappa shape index (κ1) is 25.3. The molecule has 8 heteroatoms. The Kier molecular flexibility index (Phi) is 7.36. The van der Waals surface area contributed by atoms with Gasteiger partial charge in [-0.15, -0.1) is 0 Å². The van der Waals surface area contributed by atoms with Gasteiger partial charge in [-0.05, 0) is 37.3 Å².